The zero-order valence-electron chi connectivity index (χ0n) is 13.7. The molecule has 0 aromatic heterocycles. The second-order valence-corrected chi connectivity index (χ2v) is 5.81. The molecular weight excluding hydrogens is 328 g/mol. The number of ether oxygens (including phenoxy) is 1. The number of halogens is 1. The van der Waals surface area contributed by atoms with Gasteiger partial charge in [0.15, 0.2) is 0 Å². The topological polar surface area (TPSA) is 9.23 Å². The van der Waals surface area contributed by atoms with Crippen LogP contribution in [0.5, 0.6) is 5.75 Å². The van der Waals surface area contributed by atoms with Crippen LogP contribution in [0.15, 0.2) is 84.9 Å². The maximum Gasteiger partial charge on any atom is 0.135 e. The van der Waals surface area contributed by atoms with Crippen molar-refractivity contribution in [2.75, 3.05) is 6.61 Å². The highest BCUT2D eigenvalue weighted by atomic mass is 35.5. The molecule has 2 heteroatoms. The molecule has 0 amide bonds. The van der Waals surface area contributed by atoms with Crippen LogP contribution in [0, 0.1) is 11.8 Å². The molecule has 3 rings (SSSR count). The van der Waals surface area contributed by atoms with Gasteiger partial charge in [-0.15, -0.1) is 0 Å². The van der Waals surface area contributed by atoms with Crippen molar-refractivity contribution in [2.24, 2.45) is 0 Å². The first kappa shape index (κ1) is 16.9. The molecule has 0 aliphatic heterocycles. The number of hydrogen-bond acceptors (Lipinski definition) is 1. The molecule has 0 heterocycles. The lowest BCUT2D eigenvalue weighted by Crippen LogP contribution is -1.95. The van der Waals surface area contributed by atoms with Gasteiger partial charge in [0.25, 0.3) is 0 Å². The first-order valence-corrected chi connectivity index (χ1v) is 8.40. The third-order valence-corrected chi connectivity index (χ3v) is 3.77. The number of rotatable bonds is 4. The van der Waals surface area contributed by atoms with E-state index in [1.165, 1.54) is 0 Å². The molecule has 0 saturated carbocycles. The lowest BCUT2D eigenvalue weighted by molar-refractivity contribution is 0.362. The van der Waals surface area contributed by atoms with E-state index >= 15 is 0 Å². The Balaban J connectivity index is 1.67. The molecule has 3 aromatic rings. The quantitative estimate of drug-likeness (QED) is 0.541. The molecule has 25 heavy (non-hydrogen) atoms. The highest BCUT2D eigenvalue weighted by Gasteiger charge is 1.98. The van der Waals surface area contributed by atoms with Crippen LogP contribution in [-0.2, 0) is 0 Å². The third kappa shape index (κ3) is 5.28. The van der Waals surface area contributed by atoms with Gasteiger partial charge in [-0.05, 0) is 48.0 Å². The molecule has 0 atom stereocenters. The van der Waals surface area contributed by atoms with Gasteiger partial charge in [-0.2, -0.15) is 0 Å². The predicted molar refractivity (Wildman–Crippen MR) is 105 cm³/mol. The number of hydrogen-bond donors (Lipinski definition) is 0. The van der Waals surface area contributed by atoms with E-state index in [9.17, 15) is 0 Å². The van der Waals surface area contributed by atoms with Gasteiger partial charge in [0.2, 0.25) is 0 Å². The van der Waals surface area contributed by atoms with E-state index in [-0.39, 0.29) is 0 Å². The Kier molecular flexibility index (Phi) is 5.93. The summed E-state index contributed by atoms with van der Waals surface area (Å²) in [4.78, 5) is 0. The summed E-state index contributed by atoms with van der Waals surface area (Å²) < 4.78 is 5.86. The van der Waals surface area contributed by atoms with Crippen molar-refractivity contribution in [3.63, 3.8) is 0 Å². The van der Waals surface area contributed by atoms with Gasteiger partial charge >= 0.3 is 0 Å². The van der Waals surface area contributed by atoms with Crippen LogP contribution in [0.4, 0.5) is 0 Å². The zero-order chi connectivity index (χ0) is 17.3. The Morgan fingerprint density at radius 1 is 0.800 bits per heavy atom. The van der Waals surface area contributed by atoms with Crippen LogP contribution < -0.4 is 4.74 Å². The summed E-state index contributed by atoms with van der Waals surface area (Å²) in [6, 6.07) is 25.4. The molecule has 3 aromatic carbocycles. The van der Waals surface area contributed by atoms with E-state index in [1.54, 1.807) is 0 Å². The molecule has 0 aliphatic carbocycles. The van der Waals surface area contributed by atoms with Crippen molar-refractivity contribution in [3.05, 3.63) is 107 Å². The van der Waals surface area contributed by atoms with Crippen LogP contribution in [0.25, 0.3) is 6.08 Å². The van der Waals surface area contributed by atoms with Gasteiger partial charge in [0.05, 0.1) is 5.56 Å². The minimum atomic E-state index is 0.495. The van der Waals surface area contributed by atoms with Gasteiger partial charge < -0.3 is 4.74 Å². The standard InChI is InChI=1S/C23H17ClO/c24-22-16-13-20(14-17-22)12-15-21-10-4-5-11-23(21)25-18-6-9-19-7-2-1-3-8-19/h1-11,13-14,16-17H,18H2/b9-6+. The van der Waals surface area contributed by atoms with Crippen LogP contribution in [-0.4, -0.2) is 6.61 Å². The van der Waals surface area contributed by atoms with Gasteiger partial charge in [-0.1, -0.05) is 72.0 Å². The van der Waals surface area contributed by atoms with E-state index < -0.39 is 0 Å². The largest absolute Gasteiger partial charge is 0.488 e. The number of para-hydroxylation sites is 1. The first-order valence-electron chi connectivity index (χ1n) is 8.02. The molecule has 122 valence electrons. The van der Waals surface area contributed by atoms with Crippen molar-refractivity contribution in [1.29, 1.82) is 0 Å². The normalized spacial score (nSPS) is 10.3. The molecule has 0 spiro atoms. The average molecular weight is 345 g/mol. The summed E-state index contributed by atoms with van der Waals surface area (Å²) in [6.45, 7) is 0.495. The molecule has 0 fully saturated rings. The summed E-state index contributed by atoms with van der Waals surface area (Å²) in [7, 11) is 0. The van der Waals surface area contributed by atoms with E-state index in [1.807, 2.05) is 78.9 Å². The SMILES string of the molecule is Clc1ccc(C#Cc2ccccc2OC/C=C/c2ccccc2)cc1. The van der Waals surface area contributed by atoms with Crippen molar-refractivity contribution in [3.8, 4) is 17.6 Å². The van der Waals surface area contributed by atoms with Crippen molar-refractivity contribution < 1.29 is 4.74 Å². The van der Waals surface area contributed by atoms with Crippen molar-refractivity contribution >= 4 is 17.7 Å². The molecule has 0 radical (unpaired) electrons. The van der Waals surface area contributed by atoms with Gasteiger partial charge in [-0.3, -0.25) is 0 Å². The maximum atomic E-state index is 5.89. The lowest BCUT2D eigenvalue weighted by Gasteiger charge is -2.05. The Labute approximate surface area is 153 Å². The lowest BCUT2D eigenvalue weighted by atomic mass is 10.1. The molecule has 0 bridgehead atoms. The van der Waals surface area contributed by atoms with E-state index in [4.69, 9.17) is 16.3 Å². The van der Waals surface area contributed by atoms with Crippen molar-refractivity contribution in [1.82, 2.24) is 0 Å². The predicted octanol–water partition coefficient (Wildman–Crippen LogP) is 5.83. The van der Waals surface area contributed by atoms with E-state index in [0.717, 1.165) is 22.4 Å². The Morgan fingerprint density at radius 3 is 2.32 bits per heavy atom. The summed E-state index contributed by atoms with van der Waals surface area (Å²) in [6.07, 6.45) is 4.04. The Hall–Kier alpha value is -2.95. The molecule has 0 N–H and O–H groups in total. The summed E-state index contributed by atoms with van der Waals surface area (Å²) in [5.74, 6) is 7.08. The molecule has 0 aliphatic rings. The molecule has 0 unspecified atom stereocenters. The first-order chi connectivity index (χ1) is 12.3. The summed E-state index contributed by atoms with van der Waals surface area (Å²) >= 11 is 5.89. The van der Waals surface area contributed by atoms with Gasteiger partial charge in [0, 0.05) is 10.6 Å². The van der Waals surface area contributed by atoms with Crippen LogP contribution in [0.2, 0.25) is 5.02 Å². The van der Waals surface area contributed by atoms with Gasteiger partial charge in [0.1, 0.15) is 12.4 Å². The smallest absolute Gasteiger partial charge is 0.135 e. The maximum absolute atomic E-state index is 5.89. The third-order valence-electron chi connectivity index (χ3n) is 3.52. The van der Waals surface area contributed by atoms with Crippen LogP contribution in [0.1, 0.15) is 16.7 Å². The minimum Gasteiger partial charge on any atom is -0.488 e. The monoisotopic (exact) mass is 344 g/mol. The van der Waals surface area contributed by atoms with Crippen molar-refractivity contribution in [2.45, 2.75) is 0 Å². The van der Waals surface area contributed by atoms with E-state index in [0.29, 0.717) is 11.6 Å². The molecule has 0 saturated heterocycles. The second kappa shape index (κ2) is 8.78. The zero-order valence-corrected chi connectivity index (χ0v) is 14.4. The highest BCUT2D eigenvalue weighted by Crippen LogP contribution is 2.17. The van der Waals surface area contributed by atoms with E-state index in [2.05, 4.69) is 24.0 Å². The fourth-order valence-electron chi connectivity index (χ4n) is 2.25. The van der Waals surface area contributed by atoms with Crippen LogP contribution in [0.3, 0.4) is 0 Å². The minimum absolute atomic E-state index is 0.495. The second-order valence-electron chi connectivity index (χ2n) is 5.38. The Bertz CT molecular complexity index is 900. The number of benzene rings is 3. The molecule has 1 nitrogen and oxygen atoms in total. The summed E-state index contributed by atoms with van der Waals surface area (Å²) in [5, 5.41) is 0.708. The van der Waals surface area contributed by atoms with Gasteiger partial charge in [-0.25, -0.2) is 0 Å². The highest BCUT2D eigenvalue weighted by molar-refractivity contribution is 6.30. The fourth-order valence-corrected chi connectivity index (χ4v) is 2.38. The molecular formula is C23H17ClO. The van der Waals surface area contributed by atoms with Crippen LogP contribution >= 0.6 is 11.6 Å². The Morgan fingerprint density at radius 2 is 1.52 bits per heavy atom. The summed E-state index contributed by atoms with van der Waals surface area (Å²) in [5.41, 5.74) is 2.94. The fraction of sp³-hybridized carbons (Fsp3) is 0.0435. The average Bonchev–Trinajstić information content (AvgIpc) is 2.66.